The maximum absolute atomic E-state index is 12.7. The van der Waals surface area contributed by atoms with E-state index in [1.807, 2.05) is 19.9 Å². The number of anilines is 1. The molecule has 0 bridgehead atoms. The molecular formula is C19H19BrN4O7. The van der Waals surface area contributed by atoms with E-state index in [2.05, 4.69) is 20.9 Å². The number of nitro groups is 2. The lowest BCUT2D eigenvalue weighted by Gasteiger charge is -2.41. The largest absolute Gasteiger partial charge is 0.456 e. The summed E-state index contributed by atoms with van der Waals surface area (Å²) in [6, 6.07) is 5.87. The van der Waals surface area contributed by atoms with Crippen molar-refractivity contribution in [3.63, 3.8) is 0 Å². The first-order valence-electron chi connectivity index (χ1n) is 9.31. The van der Waals surface area contributed by atoms with Crippen molar-refractivity contribution in [1.82, 2.24) is 4.98 Å². The normalized spacial score (nSPS) is 20.9. The topological polar surface area (TPSA) is 138 Å². The van der Waals surface area contributed by atoms with Gasteiger partial charge in [0.05, 0.1) is 39.3 Å². The first-order valence-corrected chi connectivity index (χ1v) is 10.1. The molecule has 0 radical (unpaired) electrons. The summed E-state index contributed by atoms with van der Waals surface area (Å²) in [6.45, 7) is 5.43. The molecule has 2 heterocycles. The lowest BCUT2D eigenvalue weighted by Crippen LogP contribution is -2.51. The van der Waals surface area contributed by atoms with E-state index in [1.165, 1.54) is 0 Å². The highest BCUT2D eigenvalue weighted by Crippen LogP contribution is 2.30. The fraction of sp³-hybridized carbons (Fsp3) is 0.368. The number of nitro benzene ring substituents is 2. The second-order valence-corrected chi connectivity index (χ2v) is 8.01. The molecule has 11 nitrogen and oxygen atoms in total. The minimum absolute atomic E-state index is 0.267. The Bertz CT molecular complexity index is 1020. The number of nitrogens with zero attached hydrogens (tertiary/aromatic N) is 4. The Morgan fingerprint density at radius 3 is 2.35 bits per heavy atom. The summed E-state index contributed by atoms with van der Waals surface area (Å²) >= 11 is 3.40. The molecule has 0 saturated carbocycles. The number of hydroxylamine groups is 1. The van der Waals surface area contributed by atoms with Crippen LogP contribution < -0.4 is 5.06 Å². The van der Waals surface area contributed by atoms with Gasteiger partial charge in [-0.1, -0.05) is 0 Å². The van der Waals surface area contributed by atoms with Crippen molar-refractivity contribution in [2.24, 2.45) is 0 Å². The number of hydrogen-bond donors (Lipinski definition) is 0. The number of rotatable bonds is 5. The summed E-state index contributed by atoms with van der Waals surface area (Å²) < 4.78 is 6.43. The number of esters is 1. The molecule has 1 aromatic carbocycles. The third-order valence-corrected chi connectivity index (χ3v) is 5.65. The van der Waals surface area contributed by atoms with Crippen molar-refractivity contribution in [1.29, 1.82) is 0 Å². The van der Waals surface area contributed by atoms with Gasteiger partial charge in [0.15, 0.2) is 5.82 Å². The Balaban J connectivity index is 1.85. The molecule has 3 rings (SSSR count). The van der Waals surface area contributed by atoms with Crippen molar-refractivity contribution in [2.75, 3.05) is 5.06 Å². The number of carbonyl (C=O) groups excluding carboxylic acids is 1. The van der Waals surface area contributed by atoms with Gasteiger partial charge in [0.2, 0.25) is 0 Å². The van der Waals surface area contributed by atoms with Crippen LogP contribution in [0.5, 0.6) is 0 Å². The molecule has 1 aliphatic heterocycles. The molecular weight excluding hydrogens is 476 g/mol. The first-order chi connectivity index (χ1) is 14.6. The Labute approximate surface area is 185 Å². The van der Waals surface area contributed by atoms with Crippen molar-refractivity contribution >= 4 is 39.1 Å². The van der Waals surface area contributed by atoms with E-state index in [0.29, 0.717) is 12.2 Å². The van der Waals surface area contributed by atoms with Crippen molar-refractivity contribution in [3.05, 3.63) is 66.3 Å². The van der Waals surface area contributed by atoms with Crippen molar-refractivity contribution < 1.29 is 24.2 Å². The zero-order valence-corrected chi connectivity index (χ0v) is 18.4. The lowest BCUT2D eigenvalue weighted by molar-refractivity contribution is -0.394. The van der Waals surface area contributed by atoms with Gasteiger partial charge in [-0.2, -0.15) is 0 Å². The van der Waals surface area contributed by atoms with Crippen LogP contribution in [-0.2, 0) is 9.57 Å². The van der Waals surface area contributed by atoms with E-state index in [9.17, 15) is 25.0 Å². The number of non-ortho nitro benzene ring substituents is 2. The number of aromatic nitrogens is 1. The van der Waals surface area contributed by atoms with Crippen LogP contribution in [-0.4, -0.2) is 39.0 Å². The molecule has 12 heteroatoms. The molecule has 1 aliphatic rings. The molecule has 1 saturated heterocycles. The van der Waals surface area contributed by atoms with Crippen LogP contribution in [0.25, 0.3) is 0 Å². The Kier molecular flexibility index (Phi) is 6.51. The standard InChI is InChI=1S/C19H19BrN4O7/c1-10-6-17(12(3)22(31-10)18-5-4-16(20)11(2)21-18)30-19(25)13-7-14(23(26)27)9-15(8-13)24(28)29/h4-5,7-10,12,17H,6H2,1-3H3/t10-,12+,17+/m0/s1. The number of benzene rings is 1. The third-order valence-electron chi connectivity index (χ3n) is 4.82. The number of hydrogen-bond acceptors (Lipinski definition) is 9. The van der Waals surface area contributed by atoms with E-state index in [1.54, 1.807) is 18.1 Å². The average Bonchev–Trinajstić information content (AvgIpc) is 2.72. The number of pyridine rings is 1. The van der Waals surface area contributed by atoms with Gasteiger partial charge < -0.3 is 4.74 Å². The minimum Gasteiger partial charge on any atom is -0.456 e. The van der Waals surface area contributed by atoms with Gasteiger partial charge in [-0.15, -0.1) is 0 Å². The highest BCUT2D eigenvalue weighted by Gasteiger charge is 2.37. The summed E-state index contributed by atoms with van der Waals surface area (Å²) in [5.74, 6) is -0.357. The Hall–Kier alpha value is -3.12. The Morgan fingerprint density at radius 2 is 1.81 bits per heavy atom. The fourth-order valence-electron chi connectivity index (χ4n) is 3.20. The van der Waals surface area contributed by atoms with Crippen LogP contribution in [0.15, 0.2) is 34.8 Å². The highest BCUT2D eigenvalue weighted by molar-refractivity contribution is 9.10. The molecule has 3 atom stereocenters. The van der Waals surface area contributed by atoms with Crippen LogP contribution in [0.3, 0.4) is 0 Å². The Morgan fingerprint density at radius 1 is 1.19 bits per heavy atom. The average molecular weight is 495 g/mol. The molecule has 0 spiro atoms. The maximum atomic E-state index is 12.7. The van der Waals surface area contributed by atoms with Gasteiger partial charge in [0.25, 0.3) is 11.4 Å². The van der Waals surface area contributed by atoms with Gasteiger partial charge in [-0.3, -0.25) is 25.1 Å². The predicted molar refractivity (Wildman–Crippen MR) is 113 cm³/mol. The van der Waals surface area contributed by atoms with Gasteiger partial charge in [0, 0.05) is 23.0 Å². The van der Waals surface area contributed by atoms with Gasteiger partial charge in [-0.05, 0) is 48.8 Å². The van der Waals surface area contributed by atoms with Gasteiger partial charge in [-0.25, -0.2) is 14.8 Å². The van der Waals surface area contributed by atoms with Crippen LogP contribution in [0.2, 0.25) is 0 Å². The van der Waals surface area contributed by atoms with E-state index >= 15 is 0 Å². The molecule has 0 N–H and O–H groups in total. The second-order valence-electron chi connectivity index (χ2n) is 7.15. The van der Waals surface area contributed by atoms with Crippen LogP contribution in [0, 0.1) is 27.2 Å². The fourth-order valence-corrected chi connectivity index (χ4v) is 3.42. The van der Waals surface area contributed by atoms with E-state index in [0.717, 1.165) is 28.4 Å². The SMILES string of the molecule is Cc1nc(N2O[C@@H](C)C[C@@H](OC(=O)c3cc([N+](=O)[O-])cc([N+](=O)[O-])c3)[C@H]2C)ccc1Br. The number of halogens is 1. The van der Waals surface area contributed by atoms with E-state index in [-0.39, 0.29) is 11.7 Å². The third kappa shape index (κ3) is 4.97. The molecule has 164 valence electrons. The summed E-state index contributed by atoms with van der Waals surface area (Å²) in [6.07, 6.45) is -0.574. The summed E-state index contributed by atoms with van der Waals surface area (Å²) in [7, 11) is 0. The highest BCUT2D eigenvalue weighted by atomic mass is 79.9. The van der Waals surface area contributed by atoms with Crippen LogP contribution >= 0.6 is 15.9 Å². The summed E-state index contributed by atoms with van der Waals surface area (Å²) in [5.41, 5.74) is -0.642. The molecule has 2 aromatic rings. The summed E-state index contributed by atoms with van der Waals surface area (Å²) in [4.78, 5) is 43.6. The molecule has 0 aliphatic carbocycles. The quantitative estimate of drug-likeness (QED) is 0.341. The zero-order chi connectivity index (χ0) is 22.9. The second kappa shape index (κ2) is 8.94. The number of aryl methyl sites for hydroxylation is 1. The van der Waals surface area contributed by atoms with Gasteiger partial charge >= 0.3 is 5.97 Å². The monoisotopic (exact) mass is 494 g/mol. The maximum Gasteiger partial charge on any atom is 0.338 e. The molecule has 0 unspecified atom stereocenters. The van der Waals surface area contributed by atoms with Crippen LogP contribution in [0.4, 0.5) is 17.2 Å². The molecule has 1 fully saturated rings. The smallest absolute Gasteiger partial charge is 0.338 e. The minimum atomic E-state index is -0.891. The van der Waals surface area contributed by atoms with Gasteiger partial charge in [0.1, 0.15) is 6.10 Å². The van der Waals surface area contributed by atoms with E-state index in [4.69, 9.17) is 9.57 Å². The molecule has 0 amide bonds. The number of carbonyl (C=O) groups is 1. The van der Waals surface area contributed by atoms with Crippen molar-refractivity contribution in [2.45, 2.75) is 45.4 Å². The first kappa shape index (κ1) is 22.6. The molecule has 31 heavy (non-hydrogen) atoms. The van der Waals surface area contributed by atoms with Crippen molar-refractivity contribution in [3.8, 4) is 0 Å². The molecule has 1 aromatic heterocycles. The zero-order valence-electron chi connectivity index (χ0n) is 16.9. The van der Waals surface area contributed by atoms with Crippen LogP contribution in [0.1, 0.15) is 36.3 Å². The van der Waals surface area contributed by atoms with E-state index < -0.39 is 39.3 Å². The lowest BCUT2D eigenvalue weighted by atomic mass is 10.0. The predicted octanol–water partition coefficient (Wildman–Crippen LogP) is 4.11. The number of ether oxygens (including phenoxy) is 1. The summed E-state index contributed by atoms with van der Waals surface area (Å²) in [5, 5.41) is 23.7.